The molecule has 0 amide bonds. The Hall–Kier alpha value is -0.690. The second-order valence-electron chi connectivity index (χ2n) is 7.42. The van der Waals surface area contributed by atoms with E-state index in [0.29, 0.717) is 24.7 Å². The number of hydrogen-bond acceptors (Lipinski definition) is 6. The molecule has 0 bridgehead atoms. The van der Waals surface area contributed by atoms with Gasteiger partial charge in [0.05, 0.1) is 33.5 Å². The van der Waals surface area contributed by atoms with Gasteiger partial charge in [0.25, 0.3) is 0 Å². The molecule has 0 radical (unpaired) electrons. The summed E-state index contributed by atoms with van der Waals surface area (Å²) in [5.41, 5.74) is -0.186. The molecule has 0 aromatic carbocycles. The molecule has 4 aliphatic rings. The standard InChI is InChI=1S/C16H25NO5/c1-19-13(18)15(10-20-11-15)17-12-8-14(9-12)2-4-16(5-3-14)21-6-7-22-16/h12,17H,2-11H2,1H3. The van der Waals surface area contributed by atoms with Crippen LogP contribution in [0.15, 0.2) is 0 Å². The molecule has 0 aromatic heterocycles. The van der Waals surface area contributed by atoms with E-state index in [-0.39, 0.29) is 11.8 Å². The summed E-state index contributed by atoms with van der Waals surface area (Å²) in [6.45, 7) is 2.32. The first-order valence-electron chi connectivity index (χ1n) is 8.31. The van der Waals surface area contributed by atoms with Crippen molar-refractivity contribution in [1.29, 1.82) is 0 Å². The number of carbonyl (C=O) groups excluding carboxylic acids is 1. The smallest absolute Gasteiger partial charge is 0.330 e. The zero-order valence-electron chi connectivity index (χ0n) is 13.2. The highest BCUT2D eigenvalue weighted by Crippen LogP contribution is 2.55. The molecule has 6 heteroatoms. The van der Waals surface area contributed by atoms with Gasteiger partial charge in [0.1, 0.15) is 0 Å². The van der Waals surface area contributed by atoms with E-state index in [1.54, 1.807) is 0 Å². The molecule has 4 fully saturated rings. The Kier molecular flexibility index (Phi) is 3.49. The molecule has 4 rings (SSSR count). The van der Waals surface area contributed by atoms with Gasteiger partial charge in [-0.1, -0.05) is 0 Å². The molecule has 0 aromatic rings. The van der Waals surface area contributed by atoms with Gasteiger partial charge in [-0.15, -0.1) is 0 Å². The largest absolute Gasteiger partial charge is 0.468 e. The van der Waals surface area contributed by atoms with E-state index in [1.807, 2.05) is 0 Å². The average Bonchev–Trinajstić information content (AvgIpc) is 2.91. The minimum atomic E-state index is -0.603. The Morgan fingerprint density at radius 1 is 1.09 bits per heavy atom. The van der Waals surface area contributed by atoms with Gasteiger partial charge >= 0.3 is 5.97 Å². The van der Waals surface area contributed by atoms with Crippen LogP contribution in [-0.4, -0.2) is 56.9 Å². The Labute approximate surface area is 130 Å². The maximum atomic E-state index is 11.9. The molecule has 2 saturated carbocycles. The molecule has 0 unspecified atom stereocenters. The molecule has 0 atom stereocenters. The van der Waals surface area contributed by atoms with Crippen molar-refractivity contribution < 1.29 is 23.7 Å². The maximum absolute atomic E-state index is 11.9. The highest BCUT2D eigenvalue weighted by molar-refractivity contribution is 5.82. The average molecular weight is 311 g/mol. The van der Waals surface area contributed by atoms with Crippen molar-refractivity contribution in [1.82, 2.24) is 5.32 Å². The van der Waals surface area contributed by atoms with Crippen molar-refractivity contribution >= 4 is 5.97 Å². The van der Waals surface area contributed by atoms with Crippen LogP contribution in [0.4, 0.5) is 0 Å². The van der Waals surface area contributed by atoms with Gasteiger partial charge < -0.3 is 18.9 Å². The third-order valence-corrected chi connectivity index (χ3v) is 6.00. The summed E-state index contributed by atoms with van der Waals surface area (Å²) >= 11 is 0. The van der Waals surface area contributed by atoms with Crippen molar-refractivity contribution in [3.8, 4) is 0 Å². The van der Waals surface area contributed by atoms with Crippen molar-refractivity contribution in [2.75, 3.05) is 33.5 Å². The van der Waals surface area contributed by atoms with E-state index < -0.39 is 5.54 Å². The van der Waals surface area contributed by atoms with Gasteiger partial charge in [0.15, 0.2) is 11.3 Å². The first-order valence-corrected chi connectivity index (χ1v) is 8.31. The minimum absolute atomic E-state index is 0.199. The Balaban J connectivity index is 1.30. The molecular weight excluding hydrogens is 286 g/mol. The number of carbonyl (C=O) groups is 1. The van der Waals surface area contributed by atoms with Crippen LogP contribution in [0.3, 0.4) is 0 Å². The molecule has 2 heterocycles. The zero-order valence-corrected chi connectivity index (χ0v) is 13.2. The summed E-state index contributed by atoms with van der Waals surface area (Å²) in [4.78, 5) is 11.9. The quantitative estimate of drug-likeness (QED) is 0.784. The summed E-state index contributed by atoms with van der Waals surface area (Å²) in [7, 11) is 1.44. The SMILES string of the molecule is COC(=O)C1(NC2CC3(CCC4(CC3)OCCO4)C2)COC1. The third kappa shape index (κ3) is 2.28. The lowest BCUT2D eigenvalue weighted by Crippen LogP contribution is -2.70. The Morgan fingerprint density at radius 3 is 2.23 bits per heavy atom. The summed E-state index contributed by atoms with van der Waals surface area (Å²) < 4.78 is 21.8. The van der Waals surface area contributed by atoms with Crippen molar-refractivity contribution in [3.63, 3.8) is 0 Å². The van der Waals surface area contributed by atoms with Gasteiger partial charge in [-0.05, 0) is 31.1 Å². The first-order chi connectivity index (χ1) is 10.6. The monoisotopic (exact) mass is 311 g/mol. The summed E-state index contributed by atoms with van der Waals surface area (Å²) in [6, 6.07) is 0.391. The minimum Gasteiger partial charge on any atom is -0.468 e. The summed E-state index contributed by atoms with van der Waals surface area (Å²) in [5.74, 6) is -0.478. The number of esters is 1. The molecular formula is C16H25NO5. The molecule has 2 saturated heterocycles. The second-order valence-corrected chi connectivity index (χ2v) is 7.42. The van der Waals surface area contributed by atoms with Crippen LogP contribution in [0.2, 0.25) is 0 Å². The fourth-order valence-corrected chi connectivity index (χ4v) is 4.60. The topological polar surface area (TPSA) is 66.0 Å². The molecule has 2 spiro atoms. The lowest BCUT2D eigenvalue weighted by atomic mass is 9.57. The van der Waals surface area contributed by atoms with E-state index in [1.165, 1.54) is 7.11 Å². The first kappa shape index (κ1) is 14.9. The van der Waals surface area contributed by atoms with Gasteiger partial charge in [-0.25, -0.2) is 4.79 Å². The molecule has 2 aliphatic carbocycles. The molecule has 6 nitrogen and oxygen atoms in total. The van der Waals surface area contributed by atoms with Crippen molar-refractivity contribution in [2.24, 2.45) is 5.41 Å². The van der Waals surface area contributed by atoms with Crippen molar-refractivity contribution in [2.45, 2.75) is 55.9 Å². The zero-order chi connectivity index (χ0) is 15.3. The van der Waals surface area contributed by atoms with Gasteiger partial charge in [-0.2, -0.15) is 0 Å². The van der Waals surface area contributed by atoms with Crippen LogP contribution in [0.25, 0.3) is 0 Å². The number of methoxy groups -OCH3 is 1. The fourth-order valence-electron chi connectivity index (χ4n) is 4.60. The number of ether oxygens (including phenoxy) is 4. The Morgan fingerprint density at radius 2 is 1.73 bits per heavy atom. The van der Waals surface area contributed by atoms with Crippen LogP contribution in [0, 0.1) is 5.41 Å². The van der Waals surface area contributed by atoms with E-state index in [2.05, 4.69) is 5.32 Å². The normalized spacial score (nSPS) is 31.7. The van der Waals surface area contributed by atoms with E-state index in [0.717, 1.165) is 51.7 Å². The predicted octanol–water partition coefficient (Wildman–Crippen LogP) is 0.984. The van der Waals surface area contributed by atoms with Crippen LogP contribution in [-0.2, 0) is 23.7 Å². The number of nitrogens with one attached hydrogen (secondary N) is 1. The van der Waals surface area contributed by atoms with Crippen molar-refractivity contribution in [3.05, 3.63) is 0 Å². The van der Waals surface area contributed by atoms with Gasteiger partial charge in [-0.3, -0.25) is 5.32 Å². The molecule has 22 heavy (non-hydrogen) atoms. The summed E-state index contributed by atoms with van der Waals surface area (Å²) in [5, 5.41) is 3.49. The third-order valence-electron chi connectivity index (χ3n) is 6.00. The molecule has 124 valence electrons. The lowest BCUT2D eigenvalue weighted by Gasteiger charge is -2.55. The second kappa shape index (κ2) is 5.16. The van der Waals surface area contributed by atoms with Crippen LogP contribution in [0.1, 0.15) is 38.5 Å². The van der Waals surface area contributed by atoms with E-state index in [9.17, 15) is 4.79 Å². The highest BCUT2D eigenvalue weighted by atomic mass is 16.7. The van der Waals surface area contributed by atoms with Gasteiger partial charge in [0, 0.05) is 18.9 Å². The Bertz CT molecular complexity index is 437. The number of rotatable bonds is 3. The lowest BCUT2D eigenvalue weighted by molar-refractivity contribution is -0.203. The predicted molar refractivity (Wildman–Crippen MR) is 77.3 cm³/mol. The van der Waals surface area contributed by atoms with Gasteiger partial charge in [0.2, 0.25) is 0 Å². The molecule has 1 N–H and O–H groups in total. The molecule has 2 aliphatic heterocycles. The maximum Gasteiger partial charge on any atom is 0.330 e. The highest BCUT2D eigenvalue weighted by Gasteiger charge is 2.55. The van der Waals surface area contributed by atoms with Crippen LogP contribution >= 0.6 is 0 Å². The van der Waals surface area contributed by atoms with Crippen LogP contribution in [0.5, 0.6) is 0 Å². The van der Waals surface area contributed by atoms with E-state index in [4.69, 9.17) is 18.9 Å². The fraction of sp³-hybridized carbons (Fsp3) is 0.938. The van der Waals surface area contributed by atoms with E-state index >= 15 is 0 Å². The summed E-state index contributed by atoms with van der Waals surface area (Å²) in [6.07, 6.45) is 6.58. The van der Waals surface area contributed by atoms with Crippen LogP contribution < -0.4 is 5.32 Å². The number of hydrogen-bond donors (Lipinski definition) is 1.